The fraction of sp³-hybridized carbons (Fsp3) is 0.667. The zero-order valence-electron chi connectivity index (χ0n) is 9.85. The number of nitrogens with zero attached hydrogens (tertiary/aromatic N) is 2. The molecule has 88 valence electrons. The zero-order chi connectivity index (χ0) is 11.4. The van der Waals surface area contributed by atoms with Crippen LogP contribution in [0.4, 0.5) is 0 Å². The maximum Gasteiger partial charge on any atom is 0.216 e. The van der Waals surface area contributed by atoms with Crippen molar-refractivity contribution < 1.29 is 9.47 Å². The van der Waals surface area contributed by atoms with Crippen LogP contribution in [0.2, 0.25) is 0 Å². The van der Waals surface area contributed by atoms with Crippen LogP contribution in [0.25, 0.3) is 0 Å². The molecule has 4 nitrogen and oxygen atoms in total. The van der Waals surface area contributed by atoms with Gasteiger partial charge in [0.2, 0.25) is 5.88 Å². The summed E-state index contributed by atoms with van der Waals surface area (Å²) in [5.41, 5.74) is 1.03. The Kier molecular flexibility index (Phi) is 3.72. The standard InChI is InChI=1S/C12H18N2O2/c1-9(2)11-7-12(14-8-13-11)16-10-3-5-15-6-4-10/h7-10H,3-6H2,1-2H3. The fourth-order valence-electron chi connectivity index (χ4n) is 1.70. The summed E-state index contributed by atoms with van der Waals surface area (Å²) in [4.78, 5) is 8.36. The number of ether oxygens (including phenoxy) is 2. The summed E-state index contributed by atoms with van der Waals surface area (Å²) in [6.45, 7) is 5.79. The second-order valence-electron chi connectivity index (χ2n) is 4.37. The first kappa shape index (κ1) is 11.3. The Morgan fingerprint density at radius 2 is 2.06 bits per heavy atom. The van der Waals surface area contributed by atoms with Crippen molar-refractivity contribution in [3.05, 3.63) is 18.1 Å². The van der Waals surface area contributed by atoms with E-state index >= 15 is 0 Å². The minimum absolute atomic E-state index is 0.240. The Hall–Kier alpha value is -1.16. The average molecular weight is 222 g/mol. The smallest absolute Gasteiger partial charge is 0.216 e. The van der Waals surface area contributed by atoms with Crippen molar-refractivity contribution in [2.24, 2.45) is 0 Å². The van der Waals surface area contributed by atoms with Gasteiger partial charge >= 0.3 is 0 Å². The second-order valence-corrected chi connectivity index (χ2v) is 4.37. The van der Waals surface area contributed by atoms with Crippen LogP contribution in [0.3, 0.4) is 0 Å². The van der Waals surface area contributed by atoms with E-state index in [1.54, 1.807) is 6.33 Å². The molecule has 0 N–H and O–H groups in total. The molecule has 1 saturated heterocycles. The van der Waals surface area contributed by atoms with Crippen molar-refractivity contribution in [3.8, 4) is 5.88 Å². The van der Waals surface area contributed by atoms with Gasteiger partial charge in [0.05, 0.1) is 18.9 Å². The SMILES string of the molecule is CC(C)c1cc(OC2CCOCC2)ncn1. The van der Waals surface area contributed by atoms with E-state index in [2.05, 4.69) is 23.8 Å². The molecule has 0 aromatic carbocycles. The third kappa shape index (κ3) is 2.92. The maximum atomic E-state index is 5.82. The van der Waals surface area contributed by atoms with Gasteiger partial charge in [-0.05, 0) is 5.92 Å². The molecule has 1 aromatic heterocycles. The van der Waals surface area contributed by atoms with Crippen molar-refractivity contribution in [2.75, 3.05) is 13.2 Å². The third-order valence-electron chi connectivity index (χ3n) is 2.71. The molecule has 0 unspecified atom stereocenters. The number of hydrogen-bond acceptors (Lipinski definition) is 4. The molecule has 2 heterocycles. The van der Waals surface area contributed by atoms with E-state index < -0.39 is 0 Å². The highest BCUT2D eigenvalue weighted by atomic mass is 16.5. The summed E-state index contributed by atoms with van der Waals surface area (Å²) in [6.07, 6.45) is 3.70. The van der Waals surface area contributed by atoms with E-state index in [1.165, 1.54) is 0 Å². The Labute approximate surface area is 96.0 Å². The Balaban J connectivity index is 2.00. The molecule has 16 heavy (non-hydrogen) atoms. The van der Waals surface area contributed by atoms with Crippen LogP contribution in [0.15, 0.2) is 12.4 Å². The van der Waals surface area contributed by atoms with Crippen LogP contribution in [0.5, 0.6) is 5.88 Å². The lowest BCUT2D eigenvalue weighted by atomic mass is 10.1. The second kappa shape index (κ2) is 5.25. The molecule has 1 aromatic rings. The molecule has 0 spiro atoms. The number of hydrogen-bond donors (Lipinski definition) is 0. The molecule has 0 aliphatic carbocycles. The summed E-state index contributed by atoms with van der Waals surface area (Å²) in [5, 5.41) is 0. The first-order valence-electron chi connectivity index (χ1n) is 5.82. The molecule has 0 radical (unpaired) electrons. The molecule has 4 heteroatoms. The van der Waals surface area contributed by atoms with Crippen LogP contribution in [-0.4, -0.2) is 29.3 Å². The average Bonchev–Trinajstić information content (AvgIpc) is 2.30. The third-order valence-corrected chi connectivity index (χ3v) is 2.71. The fourth-order valence-corrected chi connectivity index (χ4v) is 1.70. The molecule has 1 aliphatic rings. The monoisotopic (exact) mass is 222 g/mol. The predicted molar refractivity (Wildman–Crippen MR) is 60.6 cm³/mol. The Morgan fingerprint density at radius 3 is 2.75 bits per heavy atom. The molecule has 0 bridgehead atoms. The molecule has 1 fully saturated rings. The summed E-state index contributed by atoms with van der Waals surface area (Å²) in [5.74, 6) is 1.09. The van der Waals surface area contributed by atoms with Crippen molar-refractivity contribution in [3.63, 3.8) is 0 Å². The highest BCUT2D eigenvalue weighted by Gasteiger charge is 2.16. The quantitative estimate of drug-likeness (QED) is 0.786. The molecular formula is C12H18N2O2. The van der Waals surface area contributed by atoms with Crippen LogP contribution in [0.1, 0.15) is 38.3 Å². The van der Waals surface area contributed by atoms with Gasteiger partial charge in [-0.15, -0.1) is 0 Å². The summed E-state index contributed by atoms with van der Waals surface area (Å²) in [7, 11) is 0. The number of aromatic nitrogens is 2. The Morgan fingerprint density at radius 1 is 1.31 bits per heavy atom. The highest BCUT2D eigenvalue weighted by molar-refractivity contribution is 5.16. The molecule has 1 aliphatic heterocycles. The van der Waals surface area contributed by atoms with Gasteiger partial charge in [0.15, 0.2) is 0 Å². The Bertz CT molecular complexity index is 336. The van der Waals surface area contributed by atoms with Crippen molar-refractivity contribution in [1.29, 1.82) is 0 Å². The molecule has 0 atom stereocenters. The normalized spacial score (nSPS) is 17.7. The lowest BCUT2D eigenvalue weighted by Crippen LogP contribution is -2.26. The van der Waals surface area contributed by atoms with Gasteiger partial charge in [0.25, 0.3) is 0 Å². The minimum Gasteiger partial charge on any atom is -0.474 e. The van der Waals surface area contributed by atoms with Gasteiger partial charge in [-0.25, -0.2) is 9.97 Å². The van der Waals surface area contributed by atoms with E-state index in [9.17, 15) is 0 Å². The highest BCUT2D eigenvalue weighted by Crippen LogP contribution is 2.18. The number of rotatable bonds is 3. The van der Waals surface area contributed by atoms with Crippen molar-refractivity contribution in [1.82, 2.24) is 9.97 Å². The van der Waals surface area contributed by atoms with Gasteiger partial charge in [0.1, 0.15) is 12.4 Å². The van der Waals surface area contributed by atoms with Gasteiger partial charge in [-0.1, -0.05) is 13.8 Å². The van der Waals surface area contributed by atoms with E-state index in [-0.39, 0.29) is 6.10 Å². The summed E-state index contributed by atoms with van der Waals surface area (Å²) >= 11 is 0. The van der Waals surface area contributed by atoms with Crippen LogP contribution in [-0.2, 0) is 4.74 Å². The molecule has 0 amide bonds. The predicted octanol–water partition coefficient (Wildman–Crippen LogP) is 2.16. The van der Waals surface area contributed by atoms with E-state index in [0.717, 1.165) is 31.7 Å². The van der Waals surface area contributed by atoms with Gasteiger partial charge in [-0.2, -0.15) is 0 Å². The van der Waals surface area contributed by atoms with Gasteiger partial charge in [0, 0.05) is 18.9 Å². The summed E-state index contributed by atoms with van der Waals surface area (Å²) in [6, 6.07) is 1.93. The van der Waals surface area contributed by atoms with E-state index in [4.69, 9.17) is 9.47 Å². The zero-order valence-corrected chi connectivity index (χ0v) is 9.85. The minimum atomic E-state index is 0.240. The van der Waals surface area contributed by atoms with Gasteiger partial charge < -0.3 is 9.47 Å². The first-order chi connectivity index (χ1) is 7.75. The molecule has 2 rings (SSSR count). The topological polar surface area (TPSA) is 44.2 Å². The molecular weight excluding hydrogens is 204 g/mol. The first-order valence-corrected chi connectivity index (χ1v) is 5.82. The largest absolute Gasteiger partial charge is 0.474 e. The lowest BCUT2D eigenvalue weighted by Gasteiger charge is -2.22. The maximum absolute atomic E-state index is 5.82. The van der Waals surface area contributed by atoms with Gasteiger partial charge in [-0.3, -0.25) is 0 Å². The van der Waals surface area contributed by atoms with Crippen LogP contribution >= 0.6 is 0 Å². The lowest BCUT2D eigenvalue weighted by molar-refractivity contribution is 0.0236. The van der Waals surface area contributed by atoms with Crippen LogP contribution in [0, 0.1) is 0 Å². The molecule has 0 saturated carbocycles. The van der Waals surface area contributed by atoms with Crippen LogP contribution < -0.4 is 4.74 Å². The van der Waals surface area contributed by atoms with Crippen molar-refractivity contribution in [2.45, 2.75) is 38.7 Å². The van der Waals surface area contributed by atoms with E-state index in [1.807, 2.05) is 6.07 Å². The van der Waals surface area contributed by atoms with E-state index in [0.29, 0.717) is 11.8 Å². The van der Waals surface area contributed by atoms with Crippen molar-refractivity contribution >= 4 is 0 Å². The summed E-state index contributed by atoms with van der Waals surface area (Å²) < 4.78 is 11.1.